The second-order valence-electron chi connectivity index (χ2n) is 14.1. The van der Waals surface area contributed by atoms with Gasteiger partial charge in [-0.3, -0.25) is 0 Å². The van der Waals surface area contributed by atoms with E-state index in [1.165, 1.54) is 88.0 Å². The van der Waals surface area contributed by atoms with Crippen LogP contribution in [0.25, 0.3) is 54.2 Å². The van der Waals surface area contributed by atoms with Crippen LogP contribution in [0.3, 0.4) is 0 Å². The lowest BCUT2D eigenvalue weighted by molar-refractivity contribution is 0.330. The maximum absolute atomic E-state index is 6.19. The molecule has 2 unspecified atom stereocenters. The Hall–Kier alpha value is -4.90. The molecule has 0 N–H and O–H groups in total. The number of rotatable bonds is 8. The SMILES string of the molecule is c1ccc2c3c(ccc2c1)-c1ccc2ccccc2c1C3(c1ccc2cc(OCC3CS3)ccc2c1)c1ccc2cc(OCC3CS3)ccc2c1. The Labute approximate surface area is 305 Å². The van der Waals surface area contributed by atoms with Crippen molar-refractivity contribution in [2.24, 2.45) is 0 Å². The lowest BCUT2D eigenvalue weighted by Crippen LogP contribution is -2.29. The summed E-state index contributed by atoms with van der Waals surface area (Å²) in [6, 6.07) is 54.6. The monoisotopic (exact) mass is 694 g/mol. The van der Waals surface area contributed by atoms with E-state index in [-0.39, 0.29) is 0 Å². The van der Waals surface area contributed by atoms with E-state index in [0.717, 1.165) is 24.7 Å². The van der Waals surface area contributed by atoms with Crippen molar-refractivity contribution in [2.75, 3.05) is 24.7 Å². The van der Waals surface area contributed by atoms with Crippen molar-refractivity contribution in [2.45, 2.75) is 15.9 Å². The first-order valence-electron chi connectivity index (χ1n) is 17.8. The van der Waals surface area contributed by atoms with Crippen molar-refractivity contribution in [3.63, 3.8) is 0 Å². The highest BCUT2D eigenvalue weighted by molar-refractivity contribution is 8.07. The number of ether oxygens (including phenoxy) is 2. The molecule has 2 atom stereocenters. The Morgan fingerprint density at radius 1 is 0.451 bits per heavy atom. The van der Waals surface area contributed by atoms with E-state index in [2.05, 4.69) is 146 Å². The molecule has 0 saturated carbocycles. The zero-order chi connectivity index (χ0) is 33.5. The van der Waals surface area contributed by atoms with Gasteiger partial charge in [0, 0.05) is 22.0 Å². The fraction of sp³-hybridized carbons (Fsp3) is 0.149. The molecule has 0 spiro atoms. The summed E-state index contributed by atoms with van der Waals surface area (Å²) in [4.78, 5) is 0. The molecule has 11 rings (SSSR count). The predicted molar refractivity (Wildman–Crippen MR) is 217 cm³/mol. The van der Waals surface area contributed by atoms with E-state index in [1.54, 1.807) is 0 Å². The Balaban J connectivity index is 1.20. The maximum atomic E-state index is 6.19. The van der Waals surface area contributed by atoms with Gasteiger partial charge >= 0.3 is 0 Å². The third-order valence-electron chi connectivity index (χ3n) is 11.1. The van der Waals surface area contributed by atoms with Crippen molar-refractivity contribution >= 4 is 66.6 Å². The Morgan fingerprint density at radius 3 is 1.33 bits per heavy atom. The molecule has 8 aromatic carbocycles. The number of thioether (sulfide) groups is 2. The van der Waals surface area contributed by atoms with E-state index in [0.29, 0.717) is 10.5 Å². The molecule has 2 aliphatic heterocycles. The quantitative estimate of drug-likeness (QED) is 0.147. The summed E-state index contributed by atoms with van der Waals surface area (Å²) in [6.07, 6.45) is 0. The van der Waals surface area contributed by atoms with Crippen LogP contribution in [-0.4, -0.2) is 35.2 Å². The average Bonchev–Trinajstić information content (AvgIpc) is 4.13. The summed E-state index contributed by atoms with van der Waals surface area (Å²) in [5, 5.41) is 11.2. The molecule has 2 heterocycles. The number of hydrogen-bond donors (Lipinski definition) is 0. The average molecular weight is 695 g/mol. The summed E-state index contributed by atoms with van der Waals surface area (Å²) < 4.78 is 12.4. The second kappa shape index (κ2) is 11.6. The summed E-state index contributed by atoms with van der Waals surface area (Å²) in [6.45, 7) is 1.56. The first kappa shape index (κ1) is 29.8. The van der Waals surface area contributed by atoms with Crippen LogP contribution in [0, 0.1) is 0 Å². The fourth-order valence-electron chi connectivity index (χ4n) is 8.47. The van der Waals surface area contributed by atoms with Crippen molar-refractivity contribution < 1.29 is 9.47 Å². The molecule has 2 fully saturated rings. The molecule has 2 saturated heterocycles. The molecule has 4 heteroatoms. The minimum Gasteiger partial charge on any atom is -0.492 e. The summed E-state index contributed by atoms with van der Waals surface area (Å²) in [5.41, 5.74) is 7.28. The van der Waals surface area contributed by atoms with Gasteiger partial charge in [0.2, 0.25) is 0 Å². The first-order chi connectivity index (χ1) is 25.2. The molecular weight excluding hydrogens is 661 g/mol. The van der Waals surface area contributed by atoms with Gasteiger partial charge in [-0.05, 0) is 113 Å². The van der Waals surface area contributed by atoms with Gasteiger partial charge in [0.15, 0.2) is 0 Å². The van der Waals surface area contributed by atoms with Crippen molar-refractivity contribution in [3.05, 3.63) is 168 Å². The van der Waals surface area contributed by atoms with E-state index >= 15 is 0 Å². The number of hydrogen-bond acceptors (Lipinski definition) is 4. The van der Waals surface area contributed by atoms with Gasteiger partial charge in [-0.2, -0.15) is 23.5 Å². The molecule has 8 aromatic rings. The van der Waals surface area contributed by atoms with E-state index in [9.17, 15) is 0 Å². The molecule has 0 aromatic heterocycles. The lowest BCUT2D eigenvalue weighted by atomic mass is 9.65. The van der Waals surface area contributed by atoms with Crippen LogP contribution in [-0.2, 0) is 5.41 Å². The minimum atomic E-state index is -0.578. The molecular formula is C47H34O2S2. The molecule has 0 radical (unpaired) electrons. The third-order valence-corrected chi connectivity index (χ3v) is 12.9. The Morgan fingerprint density at radius 2 is 0.863 bits per heavy atom. The maximum Gasteiger partial charge on any atom is 0.119 e. The highest BCUT2D eigenvalue weighted by Crippen LogP contribution is 2.60. The predicted octanol–water partition coefficient (Wildman–Crippen LogP) is 11.7. The summed E-state index contributed by atoms with van der Waals surface area (Å²) in [5.74, 6) is 4.29. The minimum absolute atomic E-state index is 0.578. The highest BCUT2D eigenvalue weighted by Gasteiger charge is 2.48. The van der Waals surface area contributed by atoms with Gasteiger partial charge in [-0.1, -0.05) is 109 Å². The zero-order valence-electron chi connectivity index (χ0n) is 28.0. The van der Waals surface area contributed by atoms with Gasteiger partial charge in [0.05, 0.1) is 5.41 Å². The number of fused-ring (bicyclic) bond motifs is 9. The molecule has 246 valence electrons. The van der Waals surface area contributed by atoms with Crippen LogP contribution in [0.15, 0.2) is 146 Å². The normalized spacial score (nSPS) is 18.2. The van der Waals surface area contributed by atoms with E-state index in [4.69, 9.17) is 9.47 Å². The Kier molecular flexibility index (Phi) is 6.75. The molecule has 3 aliphatic rings. The van der Waals surface area contributed by atoms with Crippen molar-refractivity contribution in [1.29, 1.82) is 0 Å². The molecule has 51 heavy (non-hydrogen) atoms. The fourth-order valence-corrected chi connectivity index (χ4v) is 9.26. The topological polar surface area (TPSA) is 18.5 Å². The van der Waals surface area contributed by atoms with E-state index in [1.807, 2.05) is 23.5 Å². The van der Waals surface area contributed by atoms with Gasteiger partial charge in [-0.25, -0.2) is 0 Å². The van der Waals surface area contributed by atoms with Gasteiger partial charge < -0.3 is 9.47 Å². The van der Waals surface area contributed by atoms with Crippen LogP contribution in [0.2, 0.25) is 0 Å². The van der Waals surface area contributed by atoms with Crippen LogP contribution >= 0.6 is 23.5 Å². The lowest BCUT2D eigenvalue weighted by Gasteiger charge is -2.36. The molecule has 1 aliphatic carbocycles. The van der Waals surface area contributed by atoms with Crippen molar-refractivity contribution in [1.82, 2.24) is 0 Å². The van der Waals surface area contributed by atoms with Gasteiger partial charge in [-0.15, -0.1) is 0 Å². The summed E-state index contributed by atoms with van der Waals surface area (Å²) >= 11 is 3.94. The van der Waals surface area contributed by atoms with Crippen LogP contribution in [0.5, 0.6) is 11.5 Å². The molecule has 0 bridgehead atoms. The highest BCUT2D eigenvalue weighted by atomic mass is 32.2. The zero-order valence-corrected chi connectivity index (χ0v) is 29.6. The van der Waals surface area contributed by atoms with Crippen LogP contribution in [0.4, 0.5) is 0 Å². The standard InChI is InChI=1S/C47H34O2S2/c1-3-7-41-29(5-1)13-19-43-44-20-14-30-6-2-4-8-42(30)46(44)47(45(41)43,35-15-9-33-23-37(17-11-31(33)21-35)48-25-39-27-50-39)36-16-10-34-24-38(18-12-32(34)22-36)49-26-40-28-51-40/h1-24,39-40H,25-28H2. The second-order valence-corrected chi connectivity index (χ2v) is 16.8. The van der Waals surface area contributed by atoms with Gasteiger partial charge in [0.1, 0.15) is 24.7 Å². The third kappa shape index (κ3) is 4.87. The van der Waals surface area contributed by atoms with Crippen LogP contribution in [0.1, 0.15) is 22.3 Å². The van der Waals surface area contributed by atoms with E-state index < -0.39 is 5.41 Å². The van der Waals surface area contributed by atoms with Crippen LogP contribution < -0.4 is 9.47 Å². The van der Waals surface area contributed by atoms with Crippen molar-refractivity contribution in [3.8, 4) is 22.6 Å². The largest absolute Gasteiger partial charge is 0.492 e. The first-order valence-corrected chi connectivity index (χ1v) is 19.9. The van der Waals surface area contributed by atoms with Gasteiger partial charge in [0.25, 0.3) is 0 Å². The molecule has 0 amide bonds. The molecule has 2 nitrogen and oxygen atoms in total. The number of benzene rings is 8. The smallest absolute Gasteiger partial charge is 0.119 e. The Bertz CT molecular complexity index is 2500. The summed E-state index contributed by atoms with van der Waals surface area (Å²) in [7, 11) is 0.